The van der Waals surface area contributed by atoms with Crippen LogP contribution in [0.3, 0.4) is 0 Å². The van der Waals surface area contributed by atoms with Crippen molar-refractivity contribution < 1.29 is 10.0 Å². The topological polar surface area (TPSA) is 50.5 Å². The number of hydrogen-bond donors (Lipinski definition) is 2. The summed E-state index contributed by atoms with van der Waals surface area (Å²) in [5.74, 6) is 1.10. The highest BCUT2D eigenvalue weighted by Gasteiger charge is 2.32. The second-order valence-corrected chi connectivity index (χ2v) is 7.13. The van der Waals surface area contributed by atoms with Crippen LogP contribution in [0.15, 0.2) is 55.0 Å². The van der Waals surface area contributed by atoms with Gasteiger partial charge in [-0.3, -0.25) is 9.97 Å². The van der Waals surface area contributed by atoms with Crippen molar-refractivity contribution in [3.63, 3.8) is 0 Å². The van der Waals surface area contributed by atoms with Crippen LogP contribution in [0.5, 0.6) is 5.75 Å². The van der Waals surface area contributed by atoms with Crippen molar-refractivity contribution in [2.75, 3.05) is 13.1 Å². The molecule has 1 aromatic carbocycles. The Kier molecular flexibility index (Phi) is 4.36. The molecule has 1 saturated heterocycles. The fourth-order valence-corrected chi connectivity index (χ4v) is 3.99. The molecule has 4 nitrogen and oxygen atoms in total. The number of rotatable bonds is 3. The third-order valence-electron chi connectivity index (χ3n) is 5.45. The van der Waals surface area contributed by atoms with Crippen LogP contribution >= 0.6 is 0 Å². The first-order valence-corrected chi connectivity index (χ1v) is 9.05. The van der Waals surface area contributed by atoms with Gasteiger partial charge in [0.05, 0.1) is 18.7 Å². The van der Waals surface area contributed by atoms with E-state index in [1.165, 1.54) is 23.3 Å². The van der Waals surface area contributed by atoms with E-state index in [1.54, 1.807) is 6.20 Å². The number of fused-ring (bicyclic) bond motifs is 1. The van der Waals surface area contributed by atoms with Crippen molar-refractivity contribution in [1.82, 2.24) is 9.97 Å². The molecule has 1 fully saturated rings. The average Bonchev–Trinajstić information content (AvgIpc) is 2.66. The maximum absolute atomic E-state index is 11.0. The average molecular weight is 334 g/mol. The molecule has 1 aliphatic heterocycles. The number of piperidine rings is 1. The first kappa shape index (κ1) is 16.0. The molecule has 2 aromatic heterocycles. The number of benzene rings is 1. The first-order chi connectivity index (χ1) is 12.2. The van der Waals surface area contributed by atoms with E-state index < -0.39 is 0 Å². The lowest BCUT2D eigenvalue weighted by molar-refractivity contribution is -0.931. The molecule has 1 atom stereocenters. The van der Waals surface area contributed by atoms with Crippen LogP contribution in [-0.4, -0.2) is 28.2 Å². The maximum Gasteiger partial charge on any atom is 0.151 e. The second kappa shape index (κ2) is 6.81. The quantitative estimate of drug-likeness (QED) is 0.774. The lowest BCUT2D eigenvalue weighted by atomic mass is 9.91. The summed E-state index contributed by atoms with van der Waals surface area (Å²) in [7, 11) is 0. The van der Waals surface area contributed by atoms with Gasteiger partial charge in [-0.15, -0.1) is 0 Å². The van der Waals surface area contributed by atoms with E-state index in [4.69, 9.17) is 0 Å². The molecule has 2 N–H and O–H groups in total. The number of nitrogens with zero attached hydrogens (tertiary/aromatic N) is 2. The number of nitrogens with one attached hydrogen (secondary N) is 1. The Morgan fingerprint density at radius 2 is 1.80 bits per heavy atom. The third kappa shape index (κ3) is 3.10. The minimum atomic E-state index is 0.113. The molecule has 3 aromatic rings. The van der Waals surface area contributed by atoms with E-state index in [2.05, 4.69) is 41.2 Å². The summed E-state index contributed by atoms with van der Waals surface area (Å²) in [4.78, 5) is 10.1. The number of hydrogen-bond acceptors (Lipinski definition) is 3. The number of pyridine rings is 2. The van der Waals surface area contributed by atoms with Gasteiger partial charge in [-0.05, 0) is 43.0 Å². The molecule has 1 aliphatic rings. The fraction of sp³-hybridized carbons (Fsp3) is 0.333. The standard InChI is InChI=1S/C21H23N3O/c1-15-8-13-24(14-9-15)20(17-6-11-22-12-7-17)18-5-4-16-3-2-10-23-19(16)21(18)25/h2-7,10-12,15,20,25H,8-9,13-14H2,1H3/p+1/t20-/m1/s1. The highest BCUT2D eigenvalue weighted by atomic mass is 16.3. The molecule has 3 heterocycles. The molecule has 0 unspecified atom stereocenters. The zero-order valence-electron chi connectivity index (χ0n) is 14.5. The van der Waals surface area contributed by atoms with Gasteiger partial charge in [-0.2, -0.15) is 0 Å². The van der Waals surface area contributed by atoms with Gasteiger partial charge in [0, 0.05) is 29.5 Å². The Labute approximate surface area is 148 Å². The van der Waals surface area contributed by atoms with Crippen molar-refractivity contribution in [2.45, 2.75) is 25.8 Å². The van der Waals surface area contributed by atoms with Gasteiger partial charge in [0.2, 0.25) is 0 Å². The molecular formula is C21H24N3O+. The van der Waals surface area contributed by atoms with Crippen LogP contribution in [0.25, 0.3) is 10.9 Å². The minimum Gasteiger partial charge on any atom is -0.505 e. The Bertz CT molecular complexity index is 857. The number of likely N-dealkylation sites (tertiary alicyclic amines) is 1. The predicted molar refractivity (Wildman–Crippen MR) is 98.6 cm³/mol. The molecular weight excluding hydrogens is 310 g/mol. The molecule has 0 bridgehead atoms. The van der Waals surface area contributed by atoms with E-state index in [-0.39, 0.29) is 6.04 Å². The number of phenolic OH excluding ortho intramolecular Hbond substituents is 1. The molecule has 25 heavy (non-hydrogen) atoms. The van der Waals surface area contributed by atoms with E-state index in [9.17, 15) is 5.11 Å². The number of aromatic nitrogens is 2. The molecule has 0 aliphatic carbocycles. The van der Waals surface area contributed by atoms with Gasteiger partial charge < -0.3 is 10.0 Å². The van der Waals surface area contributed by atoms with Gasteiger partial charge in [0.1, 0.15) is 11.6 Å². The van der Waals surface area contributed by atoms with Crippen molar-refractivity contribution in [3.05, 3.63) is 66.1 Å². The van der Waals surface area contributed by atoms with Crippen LogP contribution < -0.4 is 4.90 Å². The Hall–Kier alpha value is -2.46. The highest BCUT2D eigenvalue weighted by molar-refractivity contribution is 5.85. The maximum atomic E-state index is 11.0. The van der Waals surface area contributed by atoms with Crippen LogP contribution in [0.4, 0.5) is 0 Å². The molecule has 4 heteroatoms. The molecule has 128 valence electrons. The van der Waals surface area contributed by atoms with E-state index >= 15 is 0 Å². The summed E-state index contributed by atoms with van der Waals surface area (Å²) in [6.45, 7) is 4.57. The molecule has 0 spiro atoms. The fourth-order valence-electron chi connectivity index (χ4n) is 3.99. The Morgan fingerprint density at radius 3 is 2.56 bits per heavy atom. The monoisotopic (exact) mass is 334 g/mol. The zero-order chi connectivity index (χ0) is 17.2. The highest BCUT2D eigenvalue weighted by Crippen LogP contribution is 2.33. The summed E-state index contributed by atoms with van der Waals surface area (Å²) in [6.07, 6.45) is 7.87. The normalized spacial score (nSPS) is 22.0. The zero-order valence-corrected chi connectivity index (χ0v) is 14.5. The molecule has 0 amide bonds. The third-order valence-corrected chi connectivity index (χ3v) is 5.45. The lowest BCUT2D eigenvalue weighted by Crippen LogP contribution is -3.13. The van der Waals surface area contributed by atoms with Crippen LogP contribution in [0.1, 0.15) is 36.9 Å². The molecule has 0 radical (unpaired) electrons. The van der Waals surface area contributed by atoms with Crippen LogP contribution in [0.2, 0.25) is 0 Å². The number of quaternary nitrogens is 1. The van der Waals surface area contributed by atoms with Crippen LogP contribution in [0, 0.1) is 5.92 Å². The van der Waals surface area contributed by atoms with Gasteiger partial charge >= 0.3 is 0 Å². The van der Waals surface area contributed by atoms with Crippen molar-refractivity contribution in [2.24, 2.45) is 5.92 Å². The van der Waals surface area contributed by atoms with Crippen molar-refractivity contribution in [3.8, 4) is 5.75 Å². The second-order valence-electron chi connectivity index (χ2n) is 7.13. The summed E-state index contributed by atoms with van der Waals surface area (Å²) < 4.78 is 0. The summed E-state index contributed by atoms with van der Waals surface area (Å²) in [6, 6.07) is 12.3. The SMILES string of the molecule is CC1CC[NH+]([C@H](c2ccncc2)c2ccc3cccnc3c2O)CC1. The van der Waals surface area contributed by atoms with Gasteiger partial charge in [0.25, 0.3) is 0 Å². The number of phenols is 1. The van der Waals surface area contributed by atoms with Gasteiger partial charge in [-0.1, -0.05) is 19.1 Å². The summed E-state index contributed by atoms with van der Waals surface area (Å²) >= 11 is 0. The van der Waals surface area contributed by atoms with E-state index in [0.29, 0.717) is 11.3 Å². The summed E-state index contributed by atoms with van der Waals surface area (Å²) in [5.41, 5.74) is 2.84. The summed E-state index contributed by atoms with van der Waals surface area (Å²) in [5, 5.41) is 11.9. The van der Waals surface area contributed by atoms with E-state index in [0.717, 1.165) is 30.0 Å². The van der Waals surface area contributed by atoms with Crippen molar-refractivity contribution in [1.29, 1.82) is 0 Å². The van der Waals surface area contributed by atoms with Gasteiger partial charge in [-0.25, -0.2) is 0 Å². The molecule has 0 saturated carbocycles. The van der Waals surface area contributed by atoms with E-state index in [1.807, 2.05) is 24.5 Å². The lowest BCUT2D eigenvalue weighted by Gasteiger charge is -2.34. The molecule has 4 rings (SSSR count). The predicted octanol–water partition coefficient (Wildman–Crippen LogP) is 2.74. The smallest absolute Gasteiger partial charge is 0.151 e. The van der Waals surface area contributed by atoms with Crippen LogP contribution in [-0.2, 0) is 0 Å². The largest absolute Gasteiger partial charge is 0.505 e. The van der Waals surface area contributed by atoms with Crippen molar-refractivity contribution >= 4 is 10.9 Å². The first-order valence-electron chi connectivity index (χ1n) is 9.05. The number of aromatic hydroxyl groups is 1. The Morgan fingerprint density at radius 1 is 1.04 bits per heavy atom. The minimum absolute atomic E-state index is 0.113. The Balaban J connectivity index is 1.82. The van der Waals surface area contributed by atoms with Gasteiger partial charge in [0.15, 0.2) is 5.75 Å².